The van der Waals surface area contributed by atoms with Gasteiger partial charge >= 0.3 is 0 Å². The molecule has 7 heteroatoms. The lowest BCUT2D eigenvalue weighted by Gasteiger charge is -2.26. The Bertz CT molecular complexity index is 557. The number of anilines is 1. The summed E-state index contributed by atoms with van der Waals surface area (Å²) in [6, 6.07) is 3.58. The number of piperidine rings is 1. The van der Waals surface area contributed by atoms with Crippen LogP contribution in [0.4, 0.5) is 10.1 Å². The number of hydrogen-bond acceptors (Lipinski definition) is 4. The molecule has 1 aliphatic heterocycles. The van der Waals surface area contributed by atoms with Crippen LogP contribution in [-0.2, 0) is 10.0 Å². The first-order valence-electron chi connectivity index (χ1n) is 6.76. The average Bonchev–Trinajstić information content (AvgIpc) is 2.39. The highest BCUT2D eigenvalue weighted by atomic mass is 32.2. The molecular formula is C13H20FN3O2S. The highest BCUT2D eigenvalue weighted by Crippen LogP contribution is 2.16. The molecule has 1 aliphatic rings. The van der Waals surface area contributed by atoms with Crippen molar-refractivity contribution in [1.29, 1.82) is 0 Å². The SMILES string of the molecule is Nc1ccc(S(=O)(=O)NCCN2CCCCC2)c(F)c1. The van der Waals surface area contributed by atoms with Crippen molar-refractivity contribution < 1.29 is 12.8 Å². The van der Waals surface area contributed by atoms with Crippen LogP contribution in [0.2, 0.25) is 0 Å². The summed E-state index contributed by atoms with van der Waals surface area (Å²) >= 11 is 0. The Balaban J connectivity index is 1.93. The Morgan fingerprint density at radius 2 is 1.95 bits per heavy atom. The molecule has 1 fully saturated rings. The van der Waals surface area contributed by atoms with Gasteiger partial charge in [-0.15, -0.1) is 0 Å². The summed E-state index contributed by atoms with van der Waals surface area (Å²) in [5.74, 6) is -0.824. The maximum atomic E-state index is 13.6. The normalized spacial score (nSPS) is 17.2. The molecule has 3 N–H and O–H groups in total. The van der Waals surface area contributed by atoms with E-state index in [-0.39, 0.29) is 17.1 Å². The molecule has 1 heterocycles. The average molecular weight is 301 g/mol. The zero-order chi connectivity index (χ0) is 14.6. The second-order valence-electron chi connectivity index (χ2n) is 4.99. The smallest absolute Gasteiger partial charge is 0.243 e. The first-order chi connectivity index (χ1) is 9.49. The summed E-state index contributed by atoms with van der Waals surface area (Å²) in [6.45, 7) is 2.93. The summed E-state index contributed by atoms with van der Waals surface area (Å²) in [5.41, 5.74) is 5.61. The maximum absolute atomic E-state index is 13.6. The molecule has 0 aromatic heterocycles. The monoisotopic (exact) mass is 301 g/mol. The fraction of sp³-hybridized carbons (Fsp3) is 0.538. The predicted octanol–water partition coefficient (Wildman–Crippen LogP) is 1.17. The fourth-order valence-electron chi connectivity index (χ4n) is 2.33. The van der Waals surface area contributed by atoms with E-state index in [4.69, 9.17) is 5.73 Å². The minimum atomic E-state index is -3.82. The second kappa shape index (κ2) is 6.51. The van der Waals surface area contributed by atoms with Crippen molar-refractivity contribution in [3.8, 4) is 0 Å². The number of benzene rings is 1. The largest absolute Gasteiger partial charge is 0.399 e. The van der Waals surface area contributed by atoms with Crippen molar-refractivity contribution in [2.45, 2.75) is 24.2 Å². The highest BCUT2D eigenvalue weighted by molar-refractivity contribution is 7.89. The summed E-state index contributed by atoms with van der Waals surface area (Å²) in [5, 5.41) is 0. The van der Waals surface area contributed by atoms with Crippen molar-refractivity contribution in [1.82, 2.24) is 9.62 Å². The molecule has 1 aromatic carbocycles. The minimum Gasteiger partial charge on any atom is -0.399 e. The molecule has 2 rings (SSSR count). The van der Waals surface area contributed by atoms with E-state index in [0.29, 0.717) is 6.54 Å². The van der Waals surface area contributed by atoms with Gasteiger partial charge in [0.25, 0.3) is 0 Å². The van der Waals surface area contributed by atoms with Crippen LogP contribution in [0.25, 0.3) is 0 Å². The van der Waals surface area contributed by atoms with Crippen LogP contribution in [-0.4, -0.2) is 39.5 Å². The van der Waals surface area contributed by atoms with Crippen molar-refractivity contribution in [2.75, 3.05) is 31.9 Å². The number of nitrogens with one attached hydrogen (secondary N) is 1. The molecule has 0 saturated carbocycles. The number of rotatable bonds is 5. The van der Waals surface area contributed by atoms with Crippen molar-refractivity contribution in [3.05, 3.63) is 24.0 Å². The highest BCUT2D eigenvalue weighted by Gasteiger charge is 2.19. The first kappa shape index (κ1) is 15.2. The van der Waals surface area contributed by atoms with Gasteiger partial charge < -0.3 is 10.6 Å². The second-order valence-corrected chi connectivity index (χ2v) is 6.73. The van der Waals surface area contributed by atoms with Gasteiger partial charge in [-0.2, -0.15) is 0 Å². The van der Waals surface area contributed by atoms with Gasteiger partial charge in [-0.1, -0.05) is 6.42 Å². The van der Waals surface area contributed by atoms with Crippen molar-refractivity contribution in [3.63, 3.8) is 0 Å². The number of nitrogens with two attached hydrogens (primary N) is 1. The zero-order valence-corrected chi connectivity index (χ0v) is 12.1. The summed E-state index contributed by atoms with van der Waals surface area (Å²) < 4.78 is 40.0. The van der Waals surface area contributed by atoms with E-state index in [1.54, 1.807) is 0 Å². The van der Waals surface area contributed by atoms with Gasteiger partial charge in [0.15, 0.2) is 0 Å². The fourth-order valence-corrected chi connectivity index (χ4v) is 3.41. The molecule has 112 valence electrons. The third-order valence-corrected chi connectivity index (χ3v) is 4.91. The summed E-state index contributed by atoms with van der Waals surface area (Å²) in [7, 11) is -3.82. The van der Waals surface area contributed by atoms with Crippen molar-refractivity contribution in [2.24, 2.45) is 0 Å². The van der Waals surface area contributed by atoms with Gasteiger partial charge in [0.05, 0.1) is 0 Å². The van der Waals surface area contributed by atoms with Crippen LogP contribution in [0.1, 0.15) is 19.3 Å². The molecule has 0 spiro atoms. The van der Waals surface area contributed by atoms with Gasteiger partial charge in [0.1, 0.15) is 10.7 Å². The van der Waals surface area contributed by atoms with Crippen LogP contribution in [0, 0.1) is 5.82 Å². The number of halogens is 1. The molecular weight excluding hydrogens is 281 g/mol. The van der Waals surface area contributed by atoms with E-state index in [0.717, 1.165) is 32.0 Å². The minimum absolute atomic E-state index is 0.203. The molecule has 20 heavy (non-hydrogen) atoms. The van der Waals surface area contributed by atoms with Crippen LogP contribution < -0.4 is 10.5 Å². The van der Waals surface area contributed by atoms with E-state index in [2.05, 4.69) is 9.62 Å². The standard InChI is InChI=1S/C13H20FN3O2S/c14-12-10-11(15)4-5-13(12)20(18,19)16-6-9-17-7-2-1-3-8-17/h4-5,10,16H,1-3,6-9,15H2. The molecule has 5 nitrogen and oxygen atoms in total. The summed E-state index contributed by atoms with van der Waals surface area (Å²) in [6.07, 6.45) is 3.54. The Kier molecular flexibility index (Phi) is 4.95. The van der Waals surface area contributed by atoms with E-state index in [9.17, 15) is 12.8 Å². The lowest BCUT2D eigenvalue weighted by Crippen LogP contribution is -2.37. The predicted molar refractivity (Wildman–Crippen MR) is 76.3 cm³/mol. The van der Waals surface area contributed by atoms with Gasteiger partial charge in [0, 0.05) is 18.8 Å². The van der Waals surface area contributed by atoms with Crippen LogP contribution in [0.3, 0.4) is 0 Å². The van der Waals surface area contributed by atoms with Gasteiger partial charge in [-0.25, -0.2) is 17.5 Å². The Labute approximate surface area is 119 Å². The molecule has 0 aliphatic carbocycles. The number of nitrogens with zero attached hydrogens (tertiary/aromatic N) is 1. The van der Waals surface area contributed by atoms with E-state index < -0.39 is 15.8 Å². The Morgan fingerprint density at radius 1 is 1.25 bits per heavy atom. The quantitative estimate of drug-likeness (QED) is 0.801. The van der Waals surface area contributed by atoms with Crippen molar-refractivity contribution >= 4 is 15.7 Å². The topological polar surface area (TPSA) is 75.4 Å². The third kappa shape index (κ3) is 3.91. The van der Waals surface area contributed by atoms with E-state index >= 15 is 0 Å². The molecule has 0 atom stereocenters. The molecule has 0 amide bonds. The lowest BCUT2D eigenvalue weighted by atomic mass is 10.1. The number of nitrogen functional groups attached to an aromatic ring is 1. The van der Waals surface area contributed by atoms with Gasteiger partial charge in [0.2, 0.25) is 10.0 Å². The third-order valence-electron chi connectivity index (χ3n) is 3.41. The number of likely N-dealkylation sites (tertiary alicyclic amines) is 1. The molecule has 1 saturated heterocycles. The Morgan fingerprint density at radius 3 is 2.60 bits per heavy atom. The van der Waals surface area contributed by atoms with Gasteiger partial charge in [-0.3, -0.25) is 0 Å². The van der Waals surface area contributed by atoms with Crippen LogP contribution in [0.15, 0.2) is 23.1 Å². The lowest BCUT2D eigenvalue weighted by molar-refractivity contribution is 0.232. The molecule has 0 unspecified atom stereocenters. The number of hydrogen-bond donors (Lipinski definition) is 2. The van der Waals surface area contributed by atoms with Crippen LogP contribution in [0.5, 0.6) is 0 Å². The molecule has 1 aromatic rings. The zero-order valence-electron chi connectivity index (χ0n) is 11.3. The summed E-state index contributed by atoms with van der Waals surface area (Å²) in [4.78, 5) is 1.86. The first-order valence-corrected chi connectivity index (χ1v) is 8.24. The number of sulfonamides is 1. The van der Waals surface area contributed by atoms with E-state index in [1.165, 1.54) is 18.6 Å². The Hall–Kier alpha value is -1.18. The maximum Gasteiger partial charge on any atom is 0.243 e. The van der Waals surface area contributed by atoms with E-state index in [1.807, 2.05) is 0 Å². The molecule has 0 radical (unpaired) electrons. The van der Waals surface area contributed by atoms with Gasteiger partial charge in [-0.05, 0) is 44.1 Å². The van der Waals surface area contributed by atoms with Crippen LogP contribution >= 0.6 is 0 Å². The molecule has 0 bridgehead atoms.